The minimum atomic E-state index is -0.536. The lowest BCUT2D eigenvalue weighted by molar-refractivity contribution is -0.384. The van der Waals surface area contributed by atoms with E-state index in [0.29, 0.717) is 24.8 Å². The summed E-state index contributed by atoms with van der Waals surface area (Å²) in [5, 5.41) is 14.2. The second-order valence-corrected chi connectivity index (χ2v) is 6.56. The first-order valence-electron chi connectivity index (χ1n) is 8.63. The molecule has 1 aromatic carbocycles. The van der Waals surface area contributed by atoms with Crippen LogP contribution in [0.1, 0.15) is 12.8 Å². The molecule has 1 saturated heterocycles. The topological polar surface area (TPSA) is 105 Å². The van der Waals surface area contributed by atoms with Gasteiger partial charge in [0.25, 0.3) is 11.6 Å². The molecule has 3 rings (SSSR count). The number of anilines is 1. The van der Waals surface area contributed by atoms with Crippen molar-refractivity contribution in [2.75, 3.05) is 44.7 Å². The third-order valence-corrected chi connectivity index (χ3v) is 4.85. The maximum Gasteiger partial charge on any atom is 0.271 e. The Morgan fingerprint density at radius 3 is 2.77 bits per heavy atom. The Kier molecular flexibility index (Phi) is 5.36. The van der Waals surface area contributed by atoms with Crippen LogP contribution in [-0.4, -0.2) is 61.5 Å². The van der Waals surface area contributed by atoms with Gasteiger partial charge in [-0.2, -0.15) is 0 Å². The quantitative estimate of drug-likeness (QED) is 0.613. The fraction of sp³-hybridized carbons (Fsp3) is 0.529. The lowest BCUT2D eigenvalue weighted by atomic mass is 9.97. The zero-order chi connectivity index (χ0) is 18.7. The number of non-ortho nitro benzene ring substituents is 1. The monoisotopic (exact) mass is 362 g/mol. The third-order valence-electron chi connectivity index (χ3n) is 4.85. The van der Waals surface area contributed by atoms with Gasteiger partial charge < -0.3 is 15.0 Å². The van der Waals surface area contributed by atoms with Crippen LogP contribution in [0.4, 0.5) is 11.4 Å². The van der Waals surface area contributed by atoms with Crippen LogP contribution < -0.4 is 15.0 Å². The normalized spacial score (nSPS) is 17.7. The van der Waals surface area contributed by atoms with Crippen LogP contribution in [-0.2, 0) is 9.59 Å². The zero-order valence-electron chi connectivity index (χ0n) is 14.6. The van der Waals surface area contributed by atoms with Crippen molar-refractivity contribution >= 4 is 23.2 Å². The molecule has 0 aromatic heterocycles. The maximum absolute atomic E-state index is 12.6. The average molecular weight is 362 g/mol. The summed E-state index contributed by atoms with van der Waals surface area (Å²) >= 11 is 0. The summed E-state index contributed by atoms with van der Waals surface area (Å²) in [6.07, 6.45) is 1.84. The van der Waals surface area contributed by atoms with E-state index in [2.05, 4.69) is 5.32 Å². The number of likely N-dealkylation sites (tertiary alicyclic amines) is 1. The van der Waals surface area contributed by atoms with Gasteiger partial charge >= 0.3 is 0 Å². The fourth-order valence-electron chi connectivity index (χ4n) is 3.39. The number of nitrogens with zero attached hydrogens (tertiary/aromatic N) is 3. The largest absolute Gasteiger partial charge is 0.482 e. The number of carbonyl (C=O) groups excluding carboxylic acids is 2. The standard InChI is InChI=1S/C17H22N4O5/c1-18-9-12-4-6-19(7-5-12)16(22)10-20-14-8-13(21(24)25)2-3-15(14)26-11-17(20)23/h2-3,8,12,18H,4-7,9-11H2,1H3. The predicted molar refractivity (Wildman–Crippen MR) is 94.2 cm³/mol. The molecule has 0 saturated carbocycles. The summed E-state index contributed by atoms with van der Waals surface area (Å²) in [6, 6.07) is 4.06. The molecular weight excluding hydrogens is 340 g/mol. The van der Waals surface area contributed by atoms with Gasteiger partial charge in [-0.3, -0.25) is 24.6 Å². The number of rotatable bonds is 5. The van der Waals surface area contributed by atoms with Gasteiger partial charge in [-0.25, -0.2) is 0 Å². The zero-order valence-corrected chi connectivity index (χ0v) is 14.6. The molecule has 26 heavy (non-hydrogen) atoms. The number of fused-ring (bicyclic) bond motifs is 1. The molecule has 2 amide bonds. The summed E-state index contributed by atoms with van der Waals surface area (Å²) in [7, 11) is 1.91. The highest BCUT2D eigenvalue weighted by atomic mass is 16.6. The second-order valence-electron chi connectivity index (χ2n) is 6.56. The van der Waals surface area contributed by atoms with E-state index in [9.17, 15) is 19.7 Å². The summed E-state index contributed by atoms with van der Waals surface area (Å²) in [6.45, 7) is 1.94. The lowest BCUT2D eigenvalue weighted by Crippen LogP contribution is -2.48. The van der Waals surface area contributed by atoms with Gasteiger partial charge in [-0.15, -0.1) is 0 Å². The number of ether oxygens (including phenoxy) is 1. The smallest absolute Gasteiger partial charge is 0.271 e. The van der Waals surface area contributed by atoms with E-state index < -0.39 is 4.92 Å². The van der Waals surface area contributed by atoms with E-state index in [1.807, 2.05) is 7.05 Å². The van der Waals surface area contributed by atoms with Crippen LogP contribution in [0.3, 0.4) is 0 Å². The van der Waals surface area contributed by atoms with Crippen molar-refractivity contribution in [1.82, 2.24) is 10.2 Å². The Hall–Kier alpha value is -2.68. The van der Waals surface area contributed by atoms with E-state index in [0.717, 1.165) is 19.4 Å². The van der Waals surface area contributed by atoms with E-state index in [1.54, 1.807) is 4.90 Å². The minimum Gasteiger partial charge on any atom is -0.482 e. The molecule has 1 aromatic rings. The molecule has 2 heterocycles. The van der Waals surface area contributed by atoms with Gasteiger partial charge in [0.05, 0.1) is 10.6 Å². The number of amides is 2. The van der Waals surface area contributed by atoms with Crippen molar-refractivity contribution in [2.24, 2.45) is 5.92 Å². The summed E-state index contributed by atoms with van der Waals surface area (Å²) in [5.74, 6) is 0.394. The highest BCUT2D eigenvalue weighted by molar-refractivity contribution is 6.02. The lowest BCUT2D eigenvalue weighted by Gasteiger charge is -2.34. The number of hydrogen-bond donors (Lipinski definition) is 1. The van der Waals surface area contributed by atoms with Gasteiger partial charge in [-0.05, 0) is 38.4 Å². The highest BCUT2D eigenvalue weighted by Gasteiger charge is 2.31. The Balaban J connectivity index is 1.71. The first-order valence-corrected chi connectivity index (χ1v) is 8.63. The van der Waals surface area contributed by atoms with Crippen molar-refractivity contribution in [3.8, 4) is 5.75 Å². The molecule has 2 aliphatic heterocycles. The molecule has 1 N–H and O–H groups in total. The Morgan fingerprint density at radius 1 is 1.38 bits per heavy atom. The van der Waals surface area contributed by atoms with Crippen LogP contribution in [0.5, 0.6) is 5.75 Å². The number of carbonyl (C=O) groups is 2. The van der Waals surface area contributed by atoms with Crippen molar-refractivity contribution < 1.29 is 19.2 Å². The Labute approximate surface area is 151 Å². The SMILES string of the molecule is CNCC1CCN(C(=O)CN2C(=O)COc3ccc([N+](=O)[O-])cc32)CC1. The molecule has 1 fully saturated rings. The van der Waals surface area contributed by atoms with Crippen molar-refractivity contribution in [2.45, 2.75) is 12.8 Å². The molecule has 0 bridgehead atoms. The number of nitro benzene ring substituents is 1. The number of benzene rings is 1. The van der Waals surface area contributed by atoms with Crippen LogP contribution in [0.25, 0.3) is 0 Å². The third kappa shape index (κ3) is 3.77. The Morgan fingerprint density at radius 2 is 2.12 bits per heavy atom. The fourth-order valence-corrected chi connectivity index (χ4v) is 3.39. The average Bonchev–Trinajstić information content (AvgIpc) is 2.64. The van der Waals surface area contributed by atoms with Crippen LogP contribution in [0.2, 0.25) is 0 Å². The van der Waals surface area contributed by atoms with E-state index in [4.69, 9.17) is 4.74 Å². The molecule has 0 unspecified atom stereocenters. The van der Waals surface area contributed by atoms with E-state index >= 15 is 0 Å². The highest BCUT2D eigenvalue weighted by Crippen LogP contribution is 2.35. The number of hydrogen-bond acceptors (Lipinski definition) is 6. The number of nitrogens with one attached hydrogen (secondary N) is 1. The van der Waals surface area contributed by atoms with E-state index in [1.165, 1.54) is 23.1 Å². The van der Waals surface area contributed by atoms with Crippen molar-refractivity contribution in [1.29, 1.82) is 0 Å². The van der Waals surface area contributed by atoms with Crippen LogP contribution in [0.15, 0.2) is 18.2 Å². The first-order chi connectivity index (χ1) is 12.5. The second kappa shape index (κ2) is 7.69. The Bertz CT molecular complexity index is 715. The molecule has 2 aliphatic rings. The van der Waals surface area contributed by atoms with Crippen LogP contribution >= 0.6 is 0 Å². The minimum absolute atomic E-state index is 0.132. The molecule has 0 radical (unpaired) electrons. The molecule has 0 atom stereocenters. The summed E-state index contributed by atoms with van der Waals surface area (Å²) in [4.78, 5) is 38.4. The van der Waals surface area contributed by atoms with Crippen molar-refractivity contribution in [3.05, 3.63) is 28.3 Å². The first kappa shape index (κ1) is 18.1. The van der Waals surface area contributed by atoms with Gasteiger partial charge in [0.1, 0.15) is 12.3 Å². The van der Waals surface area contributed by atoms with Gasteiger partial charge in [0.2, 0.25) is 5.91 Å². The van der Waals surface area contributed by atoms with E-state index in [-0.39, 0.29) is 36.3 Å². The number of nitro groups is 1. The molecular formula is C17H22N4O5. The van der Waals surface area contributed by atoms with Gasteiger partial charge in [0, 0.05) is 25.2 Å². The molecule has 140 valence electrons. The van der Waals surface area contributed by atoms with Crippen molar-refractivity contribution in [3.63, 3.8) is 0 Å². The molecule has 9 nitrogen and oxygen atoms in total. The van der Waals surface area contributed by atoms with Crippen LogP contribution in [0, 0.1) is 16.0 Å². The van der Waals surface area contributed by atoms with Gasteiger partial charge in [0.15, 0.2) is 6.61 Å². The molecule has 0 spiro atoms. The van der Waals surface area contributed by atoms with Gasteiger partial charge in [-0.1, -0.05) is 0 Å². The number of piperidine rings is 1. The summed E-state index contributed by atoms with van der Waals surface area (Å²) in [5.41, 5.74) is 0.126. The summed E-state index contributed by atoms with van der Waals surface area (Å²) < 4.78 is 5.32. The predicted octanol–water partition coefficient (Wildman–Crippen LogP) is 0.778. The molecule has 0 aliphatic carbocycles. The molecule has 9 heteroatoms. The maximum atomic E-state index is 12.6.